The lowest BCUT2D eigenvalue weighted by atomic mass is 10.2. The minimum absolute atomic E-state index is 0.489. The number of hydrogen-bond acceptors (Lipinski definition) is 10. The summed E-state index contributed by atoms with van der Waals surface area (Å²) in [6, 6.07) is 15.6. The maximum atomic E-state index is 10.9. The van der Waals surface area contributed by atoms with Crippen LogP contribution in [0.15, 0.2) is 60.9 Å². The van der Waals surface area contributed by atoms with Crippen LogP contribution < -0.4 is 10.6 Å². The summed E-state index contributed by atoms with van der Waals surface area (Å²) >= 11 is 0. The topological polar surface area (TPSA) is 121 Å². The lowest BCUT2D eigenvalue weighted by molar-refractivity contribution is 0.0183. The number of aldehydes is 1. The highest BCUT2D eigenvalue weighted by Crippen LogP contribution is 2.22. The summed E-state index contributed by atoms with van der Waals surface area (Å²) < 4.78 is 10.8. The summed E-state index contributed by atoms with van der Waals surface area (Å²) in [6.07, 6.45) is 4.22. The van der Waals surface area contributed by atoms with Crippen LogP contribution in [-0.2, 0) is 9.47 Å². The Balaban J connectivity index is 0.000000175. The van der Waals surface area contributed by atoms with E-state index >= 15 is 0 Å². The Morgan fingerprint density at radius 1 is 0.902 bits per heavy atom. The normalized spacial score (nSPS) is 16.3. The van der Waals surface area contributed by atoms with Crippen LogP contribution in [0.2, 0.25) is 0 Å². The van der Waals surface area contributed by atoms with E-state index < -0.39 is 0 Å². The van der Waals surface area contributed by atoms with Crippen LogP contribution in [-0.4, -0.2) is 115 Å². The molecular formula is C30H38N8O3. The molecule has 11 heteroatoms. The zero-order valence-corrected chi connectivity index (χ0v) is 23.5. The molecule has 0 unspecified atom stereocenters. The van der Waals surface area contributed by atoms with Crippen molar-refractivity contribution < 1.29 is 14.3 Å². The minimum Gasteiger partial charge on any atom is -0.379 e. The Kier molecular flexibility index (Phi) is 10.4. The van der Waals surface area contributed by atoms with E-state index in [0.717, 1.165) is 100.0 Å². The molecule has 3 N–H and O–H groups in total. The van der Waals surface area contributed by atoms with Gasteiger partial charge in [0, 0.05) is 74.3 Å². The monoisotopic (exact) mass is 558 g/mol. The van der Waals surface area contributed by atoms with Gasteiger partial charge in [-0.25, -0.2) is 9.97 Å². The quantitative estimate of drug-likeness (QED) is 0.265. The number of hydrogen-bond donors (Lipinski definition) is 3. The summed E-state index contributed by atoms with van der Waals surface area (Å²) in [5.41, 5.74) is 3.84. The fourth-order valence-corrected chi connectivity index (χ4v) is 4.93. The van der Waals surface area contributed by atoms with E-state index in [-0.39, 0.29) is 0 Å². The van der Waals surface area contributed by atoms with E-state index in [0.29, 0.717) is 17.7 Å². The largest absolute Gasteiger partial charge is 0.379 e. The van der Waals surface area contributed by atoms with Crippen molar-refractivity contribution in [1.29, 1.82) is 0 Å². The molecule has 0 atom stereocenters. The van der Waals surface area contributed by atoms with Crippen molar-refractivity contribution >= 4 is 28.8 Å². The molecule has 216 valence electrons. The number of pyridine rings is 1. The molecular weight excluding hydrogens is 520 g/mol. The maximum Gasteiger partial charge on any atom is 0.227 e. The molecule has 11 nitrogen and oxygen atoms in total. The lowest BCUT2D eigenvalue weighted by Crippen LogP contribution is -2.51. The summed E-state index contributed by atoms with van der Waals surface area (Å²) in [7, 11) is 2.06. The van der Waals surface area contributed by atoms with Gasteiger partial charge in [-0.05, 0) is 49.5 Å². The second kappa shape index (κ2) is 14.8. The molecule has 0 bridgehead atoms. The average molecular weight is 559 g/mol. The van der Waals surface area contributed by atoms with E-state index in [1.165, 1.54) is 0 Å². The van der Waals surface area contributed by atoms with Gasteiger partial charge in [-0.3, -0.25) is 19.6 Å². The van der Waals surface area contributed by atoms with Crippen LogP contribution in [0.3, 0.4) is 0 Å². The molecule has 0 aliphatic carbocycles. The number of rotatable bonds is 9. The van der Waals surface area contributed by atoms with Crippen LogP contribution in [0.4, 0.5) is 11.6 Å². The molecule has 0 spiro atoms. The number of aromatic nitrogens is 4. The van der Waals surface area contributed by atoms with E-state index in [1.807, 2.05) is 42.5 Å². The van der Waals surface area contributed by atoms with Gasteiger partial charge in [0.2, 0.25) is 5.95 Å². The molecule has 2 saturated heterocycles. The number of H-pyrrole nitrogens is 1. The van der Waals surface area contributed by atoms with Gasteiger partial charge < -0.3 is 25.1 Å². The van der Waals surface area contributed by atoms with Crippen molar-refractivity contribution in [3.8, 4) is 11.4 Å². The van der Waals surface area contributed by atoms with Gasteiger partial charge in [-0.2, -0.15) is 0 Å². The number of ether oxygens (including phenoxy) is 2. The highest BCUT2D eigenvalue weighted by Gasteiger charge is 2.19. The Bertz CT molecular complexity index is 1350. The standard InChI is InChI=1S/C18H13N5O.C12H25N3O2/c24-11-14-10-12-9-13(4-5-15(12)21-14)22-18-20-8-6-17(23-18)16-3-1-2-7-19-16;1-13-12(10-14-2-6-16-7-3-14)11-15-4-8-17-9-5-15/h1-11,21H,(H,20,22,23);12-13H,2-11H2,1H3. The van der Waals surface area contributed by atoms with E-state index in [1.54, 1.807) is 18.5 Å². The molecule has 41 heavy (non-hydrogen) atoms. The highest BCUT2D eigenvalue weighted by atomic mass is 16.5. The molecule has 2 aliphatic heterocycles. The summed E-state index contributed by atoms with van der Waals surface area (Å²) in [4.78, 5) is 31.9. The molecule has 3 aromatic heterocycles. The molecule has 2 fully saturated rings. The first-order chi connectivity index (χ1) is 20.2. The number of anilines is 2. The number of nitrogens with one attached hydrogen (secondary N) is 3. The Labute approximate surface area is 240 Å². The molecule has 0 amide bonds. The minimum atomic E-state index is 0.489. The lowest BCUT2D eigenvalue weighted by Gasteiger charge is -2.34. The predicted molar refractivity (Wildman–Crippen MR) is 160 cm³/mol. The number of fused-ring (bicyclic) bond motifs is 1. The molecule has 0 saturated carbocycles. The maximum absolute atomic E-state index is 10.9. The van der Waals surface area contributed by atoms with Crippen molar-refractivity contribution in [2.24, 2.45) is 0 Å². The molecule has 4 aromatic rings. The number of carbonyl (C=O) groups excluding carboxylic acids is 1. The van der Waals surface area contributed by atoms with Crippen molar-refractivity contribution in [2.75, 3.05) is 78.1 Å². The van der Waals surface area contributed by atoms with Gasteiger partial charge in [0.15, 0.2) is 6.29 Å². The third kappa shape index (κ3) is 8.38. The molecule has 0 radical (unpaired) electrons. The second-order valence-electron chi connectivity index (χ2n) is 10.1. The molecule has 5 heterocycles. The summed E-state index contributed by atoms with van der Waals surface area (Å²) in [6.45, 7) is 10.1. The molecule has 2 aliphatic rings. The second-order valence-corrected chi connectivity index (χ2v) is 10.1. The van der Waals surface area contributed by atoms with E-state index in [9.17, 15) is 4.79 Å². The van der Waals surface area contributed by atoms with Crippen molar-refractivity contribution in [3.05, 3.63) is 66.6 Å². The third-order valence-corrected chi connectivity index (χ3v) is 7.18. The van der Waals surface area contributed by atoms with Gasteiger partial charge in [-0.1, -0.05) is 6.07 Å². The summed E-state index contributed by atoms with van der Waals surface area (Å²) in [5, 5.41) is 7.56. The van der Waals surface area contributed by atoms with Gasteiger partial charge in [0.1, 0.15) is 0 Å². The van der Waals surface area contributed by atoms with Crippen LogP contribution in [0, 0.1) is 0 Å². The number of likely N-dealkylation sites (N-methyl/N-ethyl adjacent to an activating group) is 1. The van der Waals surface area contributed by atoms with E-state index in [2.05, 4.69) is 47.4 Å². The van der Waals surface area contributed by atoms with Crippen LogP contribution in [0.25, 0.3) is 22.3 Å². The average Bonchev–Trinajstić information content (AvgIpc) is 3.45. The van der Waals surface area contributed by atoms with Gasteiger partial charge >= 0.3 is 0 Å². The fraction of sp³-hybridized carbons (Fsp3) is 0.400. The summed E-state index contributed by atoms with van der Waals surface area (Å²) in [5.74, 6) is 0.489. The van der Waals surface area contributed by atoms with Crippen molar-refractivity contribution in [3.63, 3.8) is 0 Å². The number of carbonyl (C=O) groups is 1. The first kappa shape index (κ1) is 28.8. The van der Waals surface area contributed by atoms with Gasteiger partial charge in [0.05, 0.1) is 43.5 Å². The number of nitrogens with zero attached hydrogens (tertiary/aromatic N) is 5. The third-order valence-electron chi connectivity index (χ3n) is 7.18. The number of benzene rings is 1. The van der Waals surface area contributed by atoms with Gasteiger partial charge in [0.25, 0.3) is 0 Å². The Hall–Kier alpha value is -3.74. The molecule has 6 rings (SSSR count). The zero-order chi connectivity index (χ0) is 28.3. The SMILES string of the molecule is CNC(CN1CCOCC1)CN1CCOCC1.O=Cc1cc2cc(Nc3nccc(-c4ccccn4)n3)ccc2[nH]1. The Morgan fingerprint density at radius 3 is 2.27 bits per heavy atom. The van der Waals surface area contributed by atoms with Crippen LogP contribution in [0.5, 0.6) is 0 Å². The number of morpholine rings is 2. The molecule has 1 aromatic carbocycles. The van der Waals surface area contributed by atoms with Crippen molar-refractivity contribution in [2.45, 2.75) is 6.04 Å². The van der Waals surface area contributed by atoms with E-state index in [4.69, 9.17) is 9.47 Å². The number of aromatic amines is 1. The van der Waals surface area contributed by atoms with Crippen molar-refractivity contribution in [1.82, 2.24) is 35.1 Å². The first-order valence-corrected chi connectivity index (χ1v) is 14.1. The highest BCUT2D eigenvalue weighted by molar-refractivity contribution is 5.90. The smallest absolute Gasteiger partial charge is 0.227 e. The first-order valence-electron chi connectivity index (χ1n) is 14.1. The fourth-order valence-electron chi connectivity index (χ4n) is 4.93. The van der Waals surface area contributed by atoms with Crippen LogP contribution in [0.1, 0.15) is 10.5 Å². The Morgan fingerprint density at radius 2 is 1.63 bits per heavy atom. The predicted octanol–water partition coefficient (Wildman–Crippen LogP) is 2.81. The van der Waals surface area contributed by atoms with Crippen LogP contribution >= 0.6 is 0 Å². The zero-order valence-electron chi connectivity index (χ0n) is 23.5. The van der Waals surface area contributed by atoms with Gasteiger partial charge in [-0.15, -0.1) is 0 Å².